The van der Waals surface area contributed by atoms with Gasteiger partial charge in [0.05, 0.1) is 14.2 Å². The lowest BCUT2D eigenvalue weighted by Gasteiger charge is -2.19. The smallest absolute Gasteiger partial charge is 0.126 e. The molecule has 2 nitrogen and oxygen atoms in total. The van der Waals surface area contributed by atoms with Crippen LogP contribution in [0.3, 0.4) is 0 Å². The first-order valence-corrected chi connectivity index (χ1v) is 6.27. The highest BCUT2D eigenvalue weighted by atomic mass is 16.5. The first-order valence-electron chi connectivity index (χ1n) is 6.27. The summed E-state index contributed by atoms with van der Waals surface area (Å²) in [6.07, 6.45) is 7.47. The fourth-order valence-electron chi connectivity index (χ4n) is 1.50. The van der Waals surface area contributed by atoms with Crippen LogP contribution in [-0.4, -0.2) is 14.2 Å². The van der Waals surface area contributed by atoms with Gasteiger partial charge in [0.25, 0.3) is 0 Å². The van der Waals surface area contributed by atoms with Crippen LogP contribution in [0.25, 0.3) is 6.08 Å². The molecule has 0 heterocycles. The van der Waals surface area contributed by atoms with Gasteiger partial charge in [0.1, 0.15) is 11.5 Å². The Labute approximate surface area is 111 Å². The quantitative estimate of drug-likeness (QED) is 0.743. The van der Waals surface area contributed by atoms with E-state index in [0.717, 1.165) is 23.5 Å². The van der Waals surface area contributed by atoms with Crippen molar-refractivity contribution in [2.75, 3.05) is 14.2 Å². The molecular formula is C16H23O2. The van der Waals surface area contributed by atoms with Crippen molar-refractivity contribution >= 4 is 6.08 Å². The summed E-state index contributed by atoms with van der Waals surface area (Å²) in [6, 6.07) is 5.79. The minimum absolute atomic E-state index is 0.225. The maximum absolute atomic E-state index is 5.33. The Bertz CT molecular complexity index is 406. The van der Waals surface area contributed by atoms with Crippen LogP contribution in [0.15, 0.2) is 24.3 Å². The van der Waals surface area contributed by atoms with E-state index in [1.807, 2.05) is 18.2 Å². The van der Waals surface area contributed by atoms with Gasteiger partial charge in [-0.1, -0.05) is 39.3 Å². The molecule has 1 aromatic carbocycles. The number of hydrogen-bond acceptors (Lipinski definition) is 2. The lowest BCUT2D eigenvalue weighted by Crippen LogP contribution is -2.08. The standard InChI is InChI=1S/C16H23O2/c1-6-16(2,3)11-7-8-13-12-14(17-4)9-10-15(13)18-5/h7-12H,6H2,1-5H3/b8-7+. The van der Waals surface area contributed by atoms with Gasteiger partial charge in [0.15, 0.2) is 0 Å². The molecule has 0 aromatic heterocycles. The average Bonchev–Trinajstić information content (AvgIpc) is 2.38. The normalized spacial score (nSPS) is 11.8. The van der Waals surface area contributed by atoms with Crippen LogP contribution in [0.5, 0.6) is 11.5 Å². The molecule has 1 rings (SSSR count). The monoisotopic (exact) mass is 247 g/mol. The lowest BCUT2D eigenvalue weighted by atomic mass is 9.86. The Morgan fingerprint density at radius 3 is 2.44 bits per heavy atom. The molecule has 0 N–H and O–H groups in total. The largest absolute Gasteiger partial charge is 0.497 e. The summed E-state index contributed by atoms with van der Waals surface area (Å²) >= 11 is 0. The molecule has 0 aliphatic rings. The van der Waals surface area contributed by atoms with E-state index in [1.165, 1.54) is 0 Å². The van der Waals surface area contributed by atoms with E-state index in [0.29, 0.717) is 0 Å². The zero-order valence-electron chi connectivity index (χ0n) is 12.0. The van der Waals surface area contributed by atoms with Crippen LogP contribution in [0.4, 0.5) is 0 Å². The highest BCUT2D eigenvalue weighted by Crippen LogP contribution is 2.27. The molecular weight excluding hydrogens is 224 g/mol. The van der Waals surface area contributed by atoms with Gasteiger partial charge in [-0.3, -0.25) is 0 Å². The second kappa shape index (κ2) is 6.48. The molecule has 1 aromatic rings. The van der Waals surface area contributed by atoms with Crippen molar-refractivity contribution in [3.05, 3.63) is 36.3 Å². The molecule has 99 valence electrons. The van der Waals surface area contributed by atoms with Crippen LogP contribution in [0, 0.1) is 11.8 Å². The second-order valence-corrected chi connectivity index (χ2v) is 4.98. The van der Waals surface area contributed by atoms with E-state index >= 15 is 0 Å². The predicted molar refractivity (Wildman–Crippen MR) is 77.0 cm³/mol. The van der Waals surface area contributed by atoms with Crippen molar-refractivity contribution < 1.29 is 9.47 Å². The molecule has 0 bridgehead atoms. The van der Waals surface area contributed by atoms with Gasteiger partial charge in [-0.05, 0) is 30.0 Å². The van der Waals surface area contributed by atoms with E-state index in [1.54, 1.807) is 14.2 Å². The lowest BCUT2D eigenvalue weighted by molar-refractivity contribution is 0.402. The summed E-state index contributed by atoms with van der Waals surface area (Å²) in [5.74, 6) is 1.69. The zero-order valence-corrected chi connectivity index (χ0v) is 12.0. The summed E-state index contributed by atoms with van der Waals surface area (Å²) < 4.78 is 10.6. The summed E-state index contributed by atoms with van der Waals surface area (Å²) in [4.78, 5) is 0. The van der Waals surface area contributed by atoms with Gasteiger partial charge >= 0.3 is 0 Å². The molecule has 0 atom stereocenters. The Balaban J connectivity index is 2.85. The van der Waals surface area contributed by atoms with Crippen molar-refractivity contribution in [1.82, 2.24) is 0 Å². The molecule has 18 heavy (non-hydrogen) atoms. The Morgan fingerprint density at radius 2 is 1.89 bits per heavy atom. The molecule has 0 unspecified atom stereocenters. The van der Waals surface area contributed by atoms with Crippen LogP contribution >= 0.6 is 0 Å². The predicted octanol–water partition coefficient (Wildman–Crippen LogP) is 4.36. The fraction of sp³-hybridized carbons (Fsp3) is 0.438. The molecule has 0 spiro atoms. The molecule has 2 heteroatoms. The molecule has 0 aliphatic carbocycles. The van der Waals surface area contributed by atoms with Gasteiger partial charge in [0.2, 0.25) is 0 Å². The van der Waals surface area contributed by atoms with E-state index in [2.05, 4.69) is 39.3 Å². The highest BCUT2D eigenvalue weighted by Gasteiger charge is 2.12. The maximum Gasteiger partial charge on any atom is 0.126 e. The molecule has 0 aliphatic heterocycles. The first kappa shape index (κ1) is 14.6. The average molecular weight is 247 g/mol. The number of allylic oxidation sites excluding steroid dienone is 1. The third kappa shape index (κ3) is 4.10. The molecule has 0 saturated heterocycles. The van der Waals surface area contributed by atoms with Crippen molar-refractivity contribution in [1.29, 1.82) is 0 Å². The van der Waals surface area contributed by atoms with E-state index in [9.17, 15) is 0 Å². The van der Waals surface area contributed by atoms with Crippen molar-refractivity contribution in [3.8, 4) is 11.5 Å². The van der Waals surface area contributed by atoms with Crippen LogP contribution < -0.4 is 9.47 Å². The van der Waals surface area contributed by atoms with E-state index < -0.39 is 0 Å². The summed E-state index contributed by atoms with van der Waals surface area (Å²) in [7, 11) is 3.35. The topological polar surface area (TPSA) is 18.5 Å². The molecule has 0 saturated carbocycles. The number of rotatable bonds is 6. The number of hydrogen-bond donors (Lipinski definition) is 0. The fourth-order valence-corrected chi connectivity index (χ4v) is 1.50. The van der Waals surface area contributed by atoms with Gasteiger partial charge in [-0.2, -0.15) is 0 Å². The van der Waals surface area contributed by atoms with Gasteiger partial charge in [-0.25, -0.2) is 0 Å². The van der Waals surface area contributed by atoms with Crippen molar-refractivity contribution in [2.45, 2.75) is 27.2 Å². The number of methoxy groups -OCH3 is 2. The molecule has 1 radical (unpaired) electrons. The minimum atomic E-state index is 0.225. The van der Waals surface area contributed by atoms with Gasteiger partial charge < -0.3 is 9.47 Å². The Kier molecular flexibility index (Phi) is 5.26. The Morgan fingerprint density at radius 1 is 1.17 bits per heavy atom. The summed E-state index contributed by atoms with van der Waals surface area (Å²) in [5, 5.41) is 0. The van der Waals surface area contributed by atoms with Gasteiger partial charge in [0, 0.05) is 5.56 Å². The van der Waals surface area contributed by atoms with E-state index in [-0.39, 0.29) is 5.41 Å². The number of ether oxygens (including phenoxy) is 2. The third-order valence-electron chi connectivity index (χ3n) is 3.17. The molecule has 0 fully saturated rings. The third-order valence-corrected chi connectivity index (χ3v) is 3.17. The van der Waals surface area contributed by atoms with Crippen molar-refractivity contribution in [3.63, 3.8) is 0 Å². The minimum Gasteiger partial charge on any atom is -0.497 e. The number of benzene rings is 1. The van der Waals surface area contributed by atoms with Crippen LogP contribution in [0.1, 0.15) is 32.8 Å². The first-order chi connectivity index (χ1) is 8.52. The van der Waals surface area contributed by atoms with E-state index in [4.69, 9.17) is 9.47 Å². The maximum atomic E-state index is 5.33. The SMILES string of the molecule is CCC(C)(C)[CH]/C=C/c1cc(OC)ccc1OC. The highest BCUT2D eigenvalue weighted by molar-refractivity contribution is 5.60. The Hall–Kier alpha value is -1.44. The van der Waals surface area contributed by atoms with Crippen molar-refractivity contribution in [2.24, 2.45) is 5.41 Å². The zero-order chi connectivity index (χ0) is 13.6. The summed E-state index contributed by atoms with van der Waals surface area (Å²) in [5.41, 5.74) is 1.25. The van der Waals surface area contributed by atoms with Crippen LogP contribution in [0.2, 0.25) is 0 Å². The molecule has 0 amide bonds. The van der Waals surface area contributed by atoms with Gasteiger partial charge in [-0.15, -0.1) is 0 Å². The second-order valence-electron chi connectivity index (χ2n) is 4.98. The summed E-state index contributed by atoms with van der Waals surface area (Å²) in [6.45, 7) is 6.64. The van der Waals surface area contributed by atoms with Crippen LogP contribution in [-0.2, 0) is 0 Å².